The Hall–Kier alpha value is -2.56. The minimum atomic E-state index is 0.528. The van der Waals surface area contributed by atoms with Crippen LogP contribution in [0.25, 0.3) is 0 Å². The maximum atomic E-state index is 5.62. The van der Waals surface area contributed by atoms with Crippen LogP contribution in [-0.4, -0.2) is 42.6 Å². The van der Waals surface area contributed by atoms with Crippen molar-refractivity contribution >= 4 is 5.96 Å². The van der Waals surface area contributed by atoms with E-state index in [-0.39, 0.29) is 0 Å². The number of benzene rings is 1. The Morgan fingerprint density at radius 3 is 2.74 bits per heavy atom. The highest BCUT2D eigenvalue weighted by Gasteiger charge is 2.06. The Balaban J connectivity index is 1.86. The number of hydrogen-bond acceptors (Lipinski definition) is 3. The summed E-state index contributed by atoms with van der Waals surface area (Å²) < 4.78 is 5.62. The lowest BCUT2D eigenvalue weighted by atomic mass is 10.2. The molecule has 122 valence electrons. The molecule has 0 spiro atoms. The molecule has 23 heavy (non-hydrogen) atoms. The summed E-state index contributed by atoms with van der Waals surface area (Å²) in [4.78, 5) is 10.7. The van der Waals surface area contributed by atoms with Crippen molar-refractivity contribution in [2.75, 3.05) is 26.7 Å². The second-order valence-electron chi connectivity index (χ2n) is 5.11. The van der Waals surface area contributed by atoms with E-state index in [4.69, 9.17) is 4.74 Å². The summed E-state index contributed by atoms with van der Waals surface area (Å²) in [6.07, 6.45) is 3.43. The van der Waals surface area contributed by atoms with Gasteiger partial charge in [-0.2, -0.15) is 0 Å². The van der Waals surface area contributed by atoms with E-state index in [9.17, 15) is 0 Å². The molecule has 2 rings (SSSR count). The maximum Gasteiger partial charge on any atom is 0.194 e. The number of aromatic nitrogens is 1. The topological polar surface area (TPSA) is 49.8 Å². The summed E-state index contributed by atoms with van der Waals surface area (Å²) in [6.45, 7) is 4.84. The molecule has 0 saturated heterocycles. The van der Waals surface area contributed by atoms with Crippen LogP contribution in [0.2, 0.25) is 0 Å². The first-order chi connectivity index (χ1) is 11.3. The van der Waals surface area contributed by atoms with E-state index in [1.807, 2.05) is 25.2 Å². The smallest absolute Gasteiger partial charge is 0.194 e. The average molecular weight is 312 g/mol. The van der Waals surface area contributed by atoms with Crippen molar-refractivity contribution in [3.8, 4) is 5.75 Å². The third-order valence-electron chi connectivity index (χ3n) is 3.22. The van der Waals surface area contributed by atoms with Crippen LogP contribution < -0.4 is 10.1 Å². The minimum absolute atomic E-state index is 0.528. The zero-order chi connectivity index (χ0) is 16.3. The molecule has 0 radical (unpaired) electrons. The third kappa shape index (κ3) is 5.98. The van der Waals surface area contributed by atoms with Crippen LogP contribution in [0.1, 0.15) is 12.5 Å². The van der Waals surface area contributed by atoms with Gasteiger partial charge in [-0.1, -0.05) is 30.3 Å². The van der Waals surface area contributed by atoms with Gasteiger partial charge < -0.3 is 15.0 Å². The summed E-state index contributed by atoms with van der Waals surface area (Å²) in [5, 5.41) is 3.31. The highest BCUT2D eigenvalue weighted by molar-refractivity contribution is 5.79. The number of ether oxygens (including phenoxy) is 1. The molecule has 0 aliphatic rings. The molecule has 0 atom stereocenters. The van der Waals surface area contributed by atoms with Gasteiger partial charge in [-0.15, -0.1) is 0 Å². The monoisotopic (exact) mass is 312 g/mol. The number of pyridine rings is 1. The van der Waals surface area contributed by atoms with E-state index in [0.717, 1.165) is 24.8 Å². The van der Waals surface area contributed by atoms with E-state index in [2.05, 4.69) is 51.4 Å². The predicted molar refractivity (Wildman–Crippen MR) is 93.6 cm³/mol. The van der Waals surface area contributed by atoms with Crippen LogP contribution in [-0.2, 0) is 6.54 Å². The highest BCUT2D eigenvalue weighted by atomic mass is 16.5. The molecule has 1 aromatic heterocycles. The van der Waals surface area contributed by atoms with Crippen molar-refractivity contribution in [2.45, 2.75) is 13.5 Å². The molecule has 5 heteroatoms. The molecule has 0 unspecified atom stereocenters. The van der Waals surface area contributed by atoms with Crippen molar-refractivity contribution < 1.29 is 4.74 Å². The summed E-state index contributed by atoms with van der Waals surface area (Å²) in [5.41, 5.74) is 1.26. The fourth-order valence-electron chi connectivity index (χ4n) is 2.15. The Labute approximate surface area is 138 Å². The molecule has 1 N–H and O–H groups in total. The van der Waals surface area contributed by atoms with Gasteiger partial charge in [0.05, 0.1) is 12.7 Å². The van der Waals surface area contributed by atoms with Gasteiger partial charge in [0.15, 0.2) is 5.96 Å². The number of nitrogens with zero attached hydrogens (tertiary/aromatic N) is 3. The number of guanidine groups is 1. The van der Waals surface area contributed by atoms with Gasteiger partial charge in [0.2, 0.25) is 0 Å². The van der Waals surface area contributed by atoms with Crippen LogP contribution in [0.5, 0.6) is 5.75 Å². The van der Waals surface area contributed by atoms with Gasteiger partial charge in [0, 0.05) is 26.3 Å². The lowest BCUT2D eigenvalue weighted by molar-refractivity contribution is 0.326. The highest BCUT2D eigenvalue weighted by Crippen LogP contribution is 2.06. The van der Waals surface area contributed by atoms with E-state index in [1.54, 1.807) is 12.4 Å². The van der Waals surface area contributed by atoms with Crippen molar-refractivity contribution in [3.05, 3.63) is 60.4 Å². The Kier molecular flexibility index (Phi) is 6.91. The number of nitrogens with one attached hydrogen (secondary N) is 1. The van der Waals surface area contributed by atoms with Crippen LogP contribution in [0.15, 0.2) is 59.9 Å². The minimum Gasteiger partial charge on any atom is -0.490 e. The third-order valence-corrected chi connectivity index (χ3v) is 3.22. The SMILES string of the molecule is CCNC(=NCCOc1cccnc1)N(C)Cc1ccccc1. The molecule has 5 nitrogen and oxygen atoms in total. The zero-order valence-corrected chi connectivity index (χ0v) is 13.8. The molecular weight excluding hydrogens is 288 g/mol. The van der Waals surface area contributed by atoms with E-state index in [0.29, 0.717) is 13.2 Å². The summed E-state index contributed by atoms with van der Waals surface area (Å²) in [5.74, 6) is 1.65. The van der Waals surface area contributed by atoms with E-state index < -0.39 is 0 Å². The lowest BCUT2D eigenvalue weighted by Crippen LogP contribution is -2.38. The number of hydrogen-bond donors (Lipinski definition) is 1. The normalized spacial score (nSPS) is 11.1. The quantitative estimate of drug-likeness (QED) is 0.485. The molecule has 0 fully saturated rings. The van der Waals surface area contributed by atoms with Crippen LogP contribution in [0.4, 0.5) is 0 Å². The predicted octanol–water partition coefficient (Wildman–Crippen LogP) is 2.56. The van der Waals surface area contributed by atoms with E-state index >= 15 is 0 Å². The van der Waals surface area contributed by atoms with Gasteiger partial charge in [-0.05, 0) is 24.6 Å². The number of aliphatic imine (C=N–C) groups is 1. The zero-order valence-electron chi connectivity index (χ0n) is 13.8. The summed E-state index contributed by atoms with van der Waals surface area (Å²) in [6, 6.07) is 14.1. The second kappa shape index (κ2) is 9.46. The van der Waals surface area contributed by atoms with Crippen molar-refractivity contribution in [3.63, 3.8) is 0 Å². The molecule has 0 amide bonds. The summed E-state index contributed by atoms with van der Waals surface area (Å²) >= 11 is 0. The first kappa shape index (κ1) is 16.8. The van der Waals surface area contributed by atoms with Gasteiger partial charge in [0.25, 0.3) is 0 Å². The first-order valence-electron chi connectivity index (χ1n) is 7.85. The van der Waals surface area contributed by atoms with Crippen molar-refractivity contribution in [1.29, 1.82) is 0 Å². The standard InChI is InChI=1S/C18H24N4O/c1-3-20-18(22(2)15-16-8-5-4-6-9-16)21-12-13-23-17-10-7-11-19-14-17/h4-11,14H,3,12-13,15H2,1-2H3,(H,20,21). The van der Waals surface area contributed by atoms with Crippen LogP contribution in [0, 0.1) is 0 Å². The largest absolute Gasteiger partial charge is 0.490 e. The molecule has 2 aromatic rings. The Bertz CT molecular complexity index is 586. The van der Waals surface area contributed by atoms with Gasteiger partial charge in [-0.25, -0.2) is 4.99 Å². The molecule has 0 aliphatic heterocycles. The lowest BCUT2D eigenvalue weighted by Gasteiger charge is -2.22. The molecule has 0 aliphatic carbocycles. The fraction of sp³-hybridized carbons (Fsp3) is 0.333. The molecule has 1 aromatic carbocycles. The first-order valence-corrected chi connectivity index (χ1v) is 7.85. The van der Waals surface area contributed by atoms with Gasteiger partial charge in [0.1, 0.15) is 12.4 Å². The van der Waals surface area contributed by atoms with E-state index in [1.165, 1.54) is 5.56 Å². The summed E-state index contributed by atoms with van der Waals surface area (Å²) in [7, 11) is 2.04. The van der Waals surface area contributed by atoms with Gasteiger partial charge in [-0.3, -0.25) is 4.98 Å². The average Bonchev–Trinajstić information content (AvgIpc) is 2.59. The molecule has 1 heterocycles. The maximum absolute atomic E-state index is 5.62. The van der Waals surface area contributed by atoms with Gasteiger partial charge >= 0.3 is 0 Å². The fourth-order valence-corrected chi connectivity index (χ4v) is 2.15. The van der Waals surface area contributed by atoms with Crippen molar-refractivity contribution in [1.82, 2.24) is 15.2 Å². The number of rotatable bonds is 7. The molecule has 0 saturated carbocycles. The molecular formula is C18H24N4O. The molecule has 0 bridgehead atoms. The van der Waals surface area contributed by atoms with Crippen LogP contribution in [0.3, 0.4) is 0 Å². The second-order valence-corrected chi connectivity index (χ2v) is 5.11. The van der Waals surface area contributed by atoms with Crippen molar-refractivity contribution in [2.24, 2.45) is 4.99 Å². The Morgan fingerprint density at radius 2 is 2.04 bits per heavy atom. The van der Waals surface area contributed by atoms with Crippen LogP contribution >= 0.6 is 0 Å². The Morgan fingerprint density at radius 1 is 1.22 bits per heavy atom.